The third kappa shape index (κ3) is 5.63. The van der Waals surface area contributed by atoms with E-state index in [4.69, 9.17) is 4.74 Å². The Kier molecular flexibility index (Phi) is 7.23. The van der Waals surface area contributed by atoms with E-state index in [0.29, 0.717) is 31.4 Å². The molecule has 1 aliphatic carbocycles. The van der Waals surface area contributed by atoms with Crippen LogP contribution in [0.5, 0.6) is 0 Å². The quantitative estimate of drug-likeness (QED) is 0.690. The fourth-order valence-corrected chi connectivity index (χ4v) is 5.65. The van der Waals surface area contributed by atoms with E-state index < -0.39 is 0 Å². The lowest BCUT2D eigenvalue weighted by atomic mass is 9.95. The van der Waals surface area contributed by atoms with E-state index in [9.17, 15) is 9.59 Å². The predicted octanol–water partition coefficient (Wildman–Crippen LogP) is 3.82. The van der Waals surface area contributed by atoms with Crippen LogP contribution in [0.15, 0.2) is 35.4 Å². The van der Waals surface area contributed by atoms with Crippen LogP contribution in [0.1, 0.15) is 46.0 Å². The number of nitrogens with zero attached hydrogens (tertiary/aromatic N) is 2. The second-order valence-corrected chi connectivity index (χ2v) is 9.90. The molecule has 2 amide bonds. The van der Waals surface area contributed by atoms with Gasteiger partial charge in [0.15, 0.2) is 0 Å². The highest BCUT2D eigenvalue weighted by Crippen LogP contribution is 2.30. The molecule has 0 bridgehead atoms. The molecule has 2 aromatic rings. The van der Waals surface area contributed by atoms with E-state index >= 15 is 0 Å². The average molecular weight is 444 g/mol. The molecule has 1 saturated carbocycles. The number of carbonyl (C=O) groups excluding carboxylic acids is 2. The molecule has 31 heavy (non-hydrogen) atoms. The van der Waals surface area contributed by atoms with Crippen molar-refractivity contribution >= 4 is 34.5 Å². The first-order valence-corrected chi connectivity index (χ1v) is 12.4. The molecule has 1 aromatic heterocycles. The lowest BCUT2D eigenvalue weighted by molar-refractivity contribution is -0.143. The van der Waals surface area contributed by atoms with E-state index in [1.54, 1.807) is 11.8 Å². The summed E-state index contributed by atoms with van der Waals surface area (Å²) in [6, 6.07) is 8.44. The van der Waals surface area contributed by atoms with Gasteiger partial charge in [0.2, 0.25) is 11.8 Å². The van der Waals surface area contributed by atoms with Gasteiger partial charge in [0.25, 0.3) is 0 Å². The van der Waals surface area contributed by atoms with Gasteiger partial charge in [-0.1, -0.05) is 37.5 Å². The first kappa shape index (κ1) is 22.2. The first-order chi connectivity index (χ1) is 15.0. The SMILES string of the molecule is C[C@H]1CN(C(=O)Cn2cc(SCC(=O)NC3CCCCC3)c3ccccc32)C[C@H](C)O1. The Bertz CT molecular complexity index is 912. The summed E-state index contributed by atoms with van der Waals surface area (Å²) in [5.74, 6) is 0.604. The van der Waals surface area contributed by atoms with E-state index in [1.165, 1.54) is 19.3 Å². The Balaban J connectivity index is 1.42. The predicted molar refractivity (Wildman–Crippen MR) is 124 cm³/mol. The van der Waals surface area contributed by atoms with Crippen LogP contribution < -0.4 is 5.32 Å². The van der Waals surface area contributed by atoms with E-state index in [2.05, 4.69) is 11.4 Å². The summed E-state index contributed by atoms with van der Waals surface area (Å²) in [5, 5.41) is 4.28. The second-order valence-electron chi connectivity index (χ2n) is 8.89. The zero-order valence-electron chi connectivity index (χ0n) is 18.5. The van der Waals surface area contributed by atoms with Gasteiger partial charge in [0, 0.05) is 41.1 Å². The summed E-state index contributed by atoms with van der Waals surface area (Å²) < 4.78 is 7.78. The van der Waals surface area contributed by atoms with Crippen molar-refractivity contribution in [2.24, 2.45) is 0 Å². The van der Waals surface area contributed by atoms with Crippen molar-refractivity contribution in [3.05, 3.63) is 30.5 Å². The van der Waals surface area contributed by atoms with Crippen molar-refractivity contribution < 1.29 is 14.3 Å². The smallest absolute Gasteiger partial charge is 0.242 e. The van der Waals surface area contributed by atoms with Crippen molar-refractivity contribution in [1.29, 1.82) is 0 Å². The van der Waals surface area contributed by atoms with Crippen LogP contribution in [-0.2, 0) is 20.9 Å². The minimum atomic E-state index is 0.0582. The summed E-state index contributed by atoms with van der Waals surface area (Å²) in [6.07, 6.45) is 8.02. The molecule has 2 fully saturated rings. The summed E-state index contributed by atoms with van der Waals surface area (Å²) in [5.41, 5.74) is 1.03. The summed E-state index contributed by atoms with van der Waals surface area (Å²) in [4.78, 5) is 28.4. The third-order valence-corrected chi connectivity index (χ3v) is 7.20. The fraction of sp³-hybridized carbons (Fsp3) is 0.583. The number of benzene rings is 1. The highest BCUT2D eigenvalue weighted by molar-refractivity contribution is 8.00. The molecule has 4 rings (SSSR count). The molecule has 2 atom stereocenters. The van der Waals surface area contributed by atoms with Gasteiger partial charge in [-0.15, -0.1) is 11.8 Å². The number of rotatable bonds is 6. The number of nitrogens with one attached hydrogen (secondary N) is 1. The van der Waals surface area contributed by atoms with Crippen LogP contribution in [0.2, 0.25) is 0 Å². The largest absolute Gasteiger partial charge is 0.372 e. The molecular weight excluding hydrogens is 410 g/mol. The maximum Gasteiger partial charge on any atom is 0.242 e. The van der Waals surface area contributed by atoms with Gasteiger partial charge in [0.05, 0.1) is 18.0 Å². The molecule has 168 valence electrons. The van der Waals surface area contributed by atoms with Crippen LogP contribution in [0.4, 0.5) is 0 Å². The van der Waals surface area contributed by atoms with Gasteiger partial charge in [-0.05, 0) is 32.8 Å². The lowest BCUT2D eigenvalue weighted by Crippen LogP contribution is -2.49. The molecule has 0 spiro atoms. The number of fused-ring (bicyclic) bond motifs is 1. The number of morpholine rings is 1. The minimum absolute atomic E-state index is 0.0582. The van der Waals surface area contributed by atoms with Gasteiger partial charge in [-0.2, -0.15) is 0 Å². The molecule has 1 aliphatic heterocycles. The number of carbonyl (C=O) groups is 2. The molecule has 0 radical (unpaired) electrons. The van der Waals surface area contributed by atoms with Crippen LogP contribution in [0, 0.1) is 0 Å². The maximum atomic E-state index is 13.0. The van der Waals surface area contributed by atoms with Gasteiger partial charge in [-0.3, -0.25) is 9.59 Å². The summed E-state index contributed by atoms with van der Waals surface area (Å²) in [6.45, 7) is 5.58. The minimum Gasteiger partial charge on any atom is -0.372 e. The Morgan fingerprint density at radius 1 is 1.10 bits per heavy atom. The molecule has 1 N–H and O–H groups in total. The molecule has 1 aromatic carbocycles. The van der Waals surface area contributed by atoms with Crippen LogP contribution >= 0.6 is 11.8 Å². The molecule has 1 saturated heterocycles. The Labute approximate surface area is 188 Å². The topological polar surface area (TPSA) is 63.6 Å². The second kappa shape index (κ2) is 10.1. The van der Waals surface area contributed by atoms with Crippen LogP contribution in [-0.4, -0.2) is 58.4 Å². The Morgan fingerprint density at radius 3 is 2.55 bits per heavy atom. The zero-order valence-corrected chi connectivity index (χ0v) is 19.3. The number of hydrogen-bond acceptors (Lipinski definition) is 4. The van der Waals surface area contributed by atoms with Crippen LogP contribution in [0.25, 0.3) is 10.9 Å². The molecular formula is C24H33N3O3S. The third-order valence-electron chi connectivity index (χ3n) is 6.16. The molecule has 0 unspecified atom stereocenters. The number of para-hydroxylation sites is 1. The van der Waals surface area contributed by atoms with Gasteiger partial charge in [0.1, 0.15) is 6.54 Å². The average Bonchev–Trinajstić information content (AvgIpc) is 3.10. The van der Waals surface area contributed by atoms with Gasteiger partial charge in [-0.25, -0.2) is 0 Å². The van der Waals surface area contributed by atoms with Crippen LogP contribution in [0.3, 0.4) is 0 Å². The number of ether oxygens (including phenoxy) is 1. The lowest BCUT2D eigenvalue weighted by Gasteiger charge is -2.35. The highest BCUT2D eigenvalue weighted by atomic mass is 32.2. The van der Waals surface area contributed by atoms with E-state index in [-0.39, 0.29) is 24.0 Å². The maximum absolute atomic E-state index is 13.0. The monoisotopic (exact) mass is 443 g/mol. The molecule has 2 aliphatic rings. The highest BCUT2D eigenvalue weighted by Gasteiger charge is 2.26. The Hall–Kier alpha value is -1.99. The van der Waals surface area contributed by atoms with Crippen molar-refractivity contribution in [2.75, 3.05) is 18.8 Å². The van der Waals surface area contributed by atoms with Crippen molar-refractivity contribution in [3.8, 4) is 0 Å². The Morgan fingerprint density at radius 2 is 1.81 bits per heavy atom. The normalized spacial score (nSPS) is 22.6. The number of aromatic nitrogens is 1. The van der Waals surface area contributed by atoms with E-state index in [1.807, 2.05) is 47.7 Å². The fourth-order valence-electron chi connectivity index (χ4n) is 4.75. The zero-order chi connectivity index (χ0) is 21.8. The molecule has 6 nitrogen and oxygen atoms in total. The van der Waals surface area contributed by atoms with Gasteiger partial charge >= 0.3 is 0 Å². The van der Waals surface area contributed by atoms with Crippen molar-refractivity contribution in [3.63, 3.8) is 0 Å². The van der Waals surface area contributed by atoms with E-state index in [0.717, 1.165) is 28.6 Å². The number of thioether (sulfide) groups is 1. The molecule has 2 heterocycles. The summed E-state index contributed by atoms with van der Waals surface area (Å²) >= 11 is 1.55. The molecule has 7 heteroatoms. The first-order valence-electron chi connectivity index (χ1n) is 11.4. The van der Waals surface area contributed by atoms with Gasteiger partial charge < -0.3 is 19.5 Å². The number of amides is 2. The number of hydrogen-bond donors (Lipinski definition) is 1. The standard InChI is InChI=1S/C24H33N3O3S/c1-17-12-27(13-18(2)30-17)24(29)15-26-14-22(20-10-6-7-11-21(20)26)31-16-23(28)25-19-8-4-3-5-9-19/h6-7,10-11,14,17-19H,3-5,8-9,12-13,15-16H2,1-2H3,(H,25,28)/t17-,18-/m0/s1. The summed E-state index contributed by atoms with van der Waals surface area (Å²) in [7, 11) is 0. The van der Waals surface area contributed by atoms with Crippen molar-refractivity contribution in [1.82, 2.24) is 14.8 Å². The van der Waals surface area contributed by atoms with Crippen molar-refractivity contribution in [2.45, 2.75) is 75.6 Å².